The SMILES string of the molecule is Nc1ncnc2c1nc(Br)n2[C@H]1C[C@@H]2OP(O)(=S)OC[C@H]2O1.[H-].[Na+]. The minimum absolute atomic E-state index is 0. The van der Waals surface area contributed by atoms with Crippen molar-refractivity contribution in [2.75, 3.05) is 12.3 Å². The molecule has 4 heterocycles. The molecule has 0 spiro atoms. The topological polar surface area (TPSA) is 118 Å². The predicted octanol–water partition coefficient (Wildman–Crippen LogP) is -1.79. The van der Waals surface area contributed by atoms with Crippen molar-refractivity contribution in [3.63, 3.8) is 0 Å². The fraction of sp³-hybridized carbons (Fsp3) is 0.500. The van der Waals surface area contributed by atoms with Crippen molar-refractivity contribution >= 4 is 51.4 Å². The zero-order chi connectivity index (χ0) is 15.5. The summed E-state index contributed by atoms with van der Waals surface area (Å²) in [4.78, 5) is 22.2. The van der Waals surface area contributed by atoms with Gasteiger partial charge < -0.3 is 25.8 Å². The molecule has 0 aliphatic carbocycles. The monoisotopic (exact) mass is 431 g/mol. The largest absolute Gasteiger partial charge is 1.00 e. The van der Waals surface area contributed by atoms with E-state index in [1.807, 2.05) is 0 Å². The molecule has 0 bridgehead atoms. The number of aromatic nitrogens is 4. The maximum Gasteiger partial charge on any atom is 1.00 e. The summed E-state index contributed by atoms with van der Waals surface area (Å²) >= 11 is 8.27. The summed E-state index contributed by atoms with van der Waals surface area (Å²) in [5, 5.41) is 0. The van der Waals surface area contributed by atoms with Gasteiger partial charge in [-0.15, -0.1) is 0 Å². The Morgan fingerprint density at radius 2 is 2.26 bits per heavy atom. The smallest absolute Gasteiger partial charge is 1.00 e. The third-order valence-electron chi connectivity index (χ3n) is 3.60. The fourth-order valence-electron chi connectivity index (χ4n) is 2.64. The Bertz CT molecular complexity index is 815. The number of hydrogen-bond donors (Lipinski definition) is 2. The minimum Gasteiger partial charge on any atom is -1.00 e. The molecule has 0 amide bonds. The standard InChI is InChI=1S/C10H11BrN5O4PS.Na.H/c11-10-15-7-8(12)13-3-14-9(7)16(10)6-1-4-5(19-6)2-18-21(17,22)20-4;;/h3-6H,1-2H2,(H,17,22)(H2,12,13,14);;/q;+1;-1/t4-,5+,6+,21?;;/m0../s1. The molecule has 2 fully saturated rings. The van der Waals surface area contributed by atoms with E-state index in [-0.39, 0.29) is 56.0 Å². The van der Waals surface area contributed by atoms with Gasteiger partial charge in [0.2, 0.25) is 0 Å². The molecule has 1 unspecified atom stereocenters. The van der Waals surface area contributed by atoms with E-state index < -0.39 is 6.72 Å². The number of nitrogen functional groups attached to an aromatic ring is 1. The Morgan fingerprint density at radius 1 is 1.48 bits per heavy atom. The van der Waals surface area contributed by atoms with E-state index in [1.54, 1.807) is 4.57 Å². The first-order valence-corrected chi connectivity index (χ1v) is 9.78. The third kappa shape index (κ3) is 3.24. The number of hydrogen-bond acceptors (Lipinski definition) is 8. The Kier molecular flexibility index (Phi) is 5.17. The van der Waals surface area contributed by atoms with Gasteiger partial charge in [0.15, 0.2) is 21.7 Å². The van der Waals surface area contributed by atoms with Gasteiger partial charge in [-0.3, -0.25) is 4.57 Å². The summed E-state index contributed by atoms with van der Waals surface area (Å²) in [6, 6.07) is 0. The molecule has 23 heavy (non-hydrogen) atoms. The van der Waals surface area contributed by atoms with Gasteiger partial charge in [0.1, 0.15) is 18.7 Å². The number of fused-ring (bicyclic) bond motifs is 2. The van der Waals surface area contributed by atoms with Crippen molar-refractivity contribution in [1.29, 1.82) is 0 Å². The molecule has 0 saturated carbocycles. The second-order valence-corrected chi connectivity index (χ2v) is 8.45. The van der Waals surface area contributed by atoms with Crippen LogP contribution in [0.15, 0.2) is 11.1 Å². The average molecular weight is 432 g/mol. The first-order valence-electron chi connectivity index (χ1n) is 6.40. The first kappa shape index (κ1) is 18.1. The van der Waals surface area contributed by atoms with Gasteiger partial charge in [-0.1, -0.05) is 0 Å². The second kappa shape index (κ2) is 6.56. The van der Waals surface area contributed by atoms with Gasteiger partial charge in [-0.2, -0.15) is 0 Å². The number of rotatable bonds is 1. The Balaban J connectivity index is 0.00000104. The zero-order valence-corrected chi connectivity index (χ0v) is 17.3. The van der Waals surface area contributed by atoms with E-state index in [9.17, 15) is 4.89 Å². The molecule has 2 aliphatic heterocycles. The van der Waals surface area contributed by atoms with E-state index in [4.69, 9.17) is 31.3 Å². The van der Waals surface area contributed by atoms with Crippen molar-refractivity contribution < 1.29 is 49.7 Å². The maximum atomic E-state index is 9.76. The summed E-state index contributed by atoms with van der Waals surface area (Å²) in [7, 11) is 0. The molecule has 4 rings (SSSR count). The Hall–Kier alpha value is 0.320. The molecule has 0 aromatic carbocycles. The summed E-state index contributed by atoms with van der Waals surface area (Å²) in [6.07, 6.45) is 0.883. The average Bonchev–Trinajstić information content (AvgIpc) is 2.98. The summed E-state index contributed by atoms with van der Waals surface area (Å²) in [5.41, 5.74) is 6.87. The van der Waals surface area contributed by atoms with Crippen molar-refractivity contribution in [2.24, 2.45) is 0 Å². The maximum absolute atomic E-state index is 9.76. The number of ether oxygens (including phenoxy) is 1. The van der Waals surface area contributed by atoms with E-state index in [0.29, 0.717) is 28.1 Å². The van der Waals surface area contributed by atoms with Crippen LogP contribution in [-0.2, 0) is 25.6 Å². The van der Waals surface area contributed by atoms with Crippen LogP contribution in [0.1, 0.15) is 14.1 Å². The van der Waals surface area contributed by atoms with Gasteiger partial charge in [0.25, 0.3) is 0 Å². The predicted molar refractivity (Wildman–Crippen MR) is 84.4 cm³/mol. The second-order valence-electron chi connectivity index (χ2n) is 4.96. The molecule has 2 aromatic rings. The molecule has 4 atom stereocenters. The van der Waals surface area contributed by atoms with Crippen LogP contribution >= 0.6 is 22.6 Å². The molecule has 0 radical (unpaired) electrons. The number of nitrogens with zero attached hydrogens (tertiary/aromatic N) is 4. The molecule has 2 aliphatic rings. The summed E-state index contributed by atoms with van der Waals surface area (Å²) in [6.45, 7) is -2.95. The fourth-order valence-corrected chi connectivity index (χ4v) is 4.69. The third-order valence-corrected chi connectivity index (χ3v) is 5.75. The van der Waals surface area contributed by atoms with Crippen LogP contribution < -0.4 is 35.3 Å². The van der Waals surface area contributed by atoms with Crippen LogP contribution in [0.25, 0.3) is 11.2 Å². The molecule has 120 valence electrons. The van der Waals surface area contributed by atoms with Crippen LogP contribution in [0, 0.1) is 0 Å². The van der Waals surface area contributed by atoms with Gasteiger partial charge in [0, 0.05) is 6.42 Å². The van der Waals surface area contributed by atoms with Crippen molar-refractivity contribution in [3.8, 4) is 0 Å². The van der Waals surface area contributed by atoms with E-state index in [1.165, 1.54) is 6.33 Å². The molecule has 9 nitrogen and oxygen atoms in total. The minimum atomic E-state index is -3.16. The quantitative estimate of drug-likeness (QED) is 0.306. The van der Waals surface area contributed by atoms with E-state index >= 15 is 0 Å². The Labute approximate surface area is 168 Å². The van der Waals surface area contributed by atoms with Crippen LogP contribution in [-0.4, -0.2) is 43.2 Å². The van der Waals surface area contributed by atoms with Crippen LogP contribution in [0.5, 0.6) is 0 Å². The normalized spacial score (nSPS) is 33.4. The number of halogens is 1. The Morgan fingerprint density at radius 3 is 3.04 bits per heavy atom. The molecular formula is C10H12BrN5NaO4PS. The van der Waals surface area contributed by atoms with Crippen LogP contribution in [0.4, 0.5) is 5.82 Å². The van der Waals surface area contributed by atoms with E-state index in [2.05, 4.69) is 30.9 Å². The van der Waals surface area contributed by atoms with Crippen molar-refractivity contribution in [1.82, 2.24) is 19.5 Å². The van der Waals surface area contributed by atoms with Crippen molar-refractivity contribution in [3.05, 3.63) is 11.1 Å². The number of imidazole rings is 1. The molecular weight excluding hydrogens is 420 g/mol. The first-order chi connectivity index (χ1) is 10.4. The van der Waals surface area contributed by atoms with Gasteiger partial charge in [-0.05, 0) is 27.7 Å². The molecule has 3 N–H and O–H groups in total. The zero-order valence-electron chi connectivity index (χ0n) is 13.0. The number of nitrogens with two attached hydrogens (primary N) is 1. The molecule has 2 aromatic heterocycles. The van der Waals surface area contributed by atoms with E-state index in [0.717, 1.165) is 0 Å². The van der Waals surface area contributed by atoms with Gasteiger partial charge in [-0.25, -0.2) is 15.0 Å². The molecule has 2 saturated heterocycles. The molecule has 13 heteroatoms. The number of anilines is 1. The summed E-state index contributed by atoms with van der Waals surface area (Å²) in [5.74, 6) is 0.297. The van der Waals surface area contributed by atoms with Crippen LogP contribution in [0.2, 0.25) is 0 Å². The van der Waals surface area contributed by atoms with Gasteiger partial charge in [0.05, 0.1) is 12.7 Å². The van der Waals surface area contributed by atoms with Gasteiger partial charge >= 0.3 is 36.3 Å². The van der Waals surface area contributed by atoms with Crippen molar-refractivity contribution in [2.45, 2.75) is 24.9 Å². The van der Waals surface area contributed by atoms with Crippen LogP contribution in [0.3, 0.4) is 0 Å². The summed E-state index contributed by atoms with van der Waals surface area (Å²) < 4.78 is 18.8.